The minimum Gasteiger partial charge on any atom is -0.375 e. The molecule has 3 aromatic rings. The zero-order valence-electron chi connectivity index (χ0n) is 16.6. The first-order valence-corrected chi connectivity index (χ1v) is 10.3. The molecule has 5 heteroatoms. The van der Waals surface area contributed by atoms with Crippen molar-refractivity contribution in [2.45, 2.75) is 18.9 Å². The van der Waals surface area contributed by atoms with Crippen molar-refractivity contribution < 1.29 is 14.7 Å². The van der Waals surface area contributed by atoms with Gasteiger partial charge in [0.1, 0.15) is 0 Å². The average molecular weight is 420 g/mol. The Hall–Kier alpha value is -2.95. The van der Waals surface area contributed by atoms with Crippen LogP contribution < -0.4 is 4.90 Å². The summed E-state index contributed by atoms with van der Waals surface area (Å²) in [5.41, 5.74) is 0.548. The number of benzene rings is 3. The summed E-state index contributed by atoms with van der Waals surface area (Å²) >= 11 is 6.19. The number of aliphatic hydroxyl groups is 1. The second-order valence-electron chi connectivity index (χ2n) is 7.57. The fourth-order valence-corrected chi connectivity index (χ4v) is 4.22. The zero-order chi connectivity index (χ0) is 21.3. The molecule has 152 valence electrons. The van der Waals surface area contributed by atoms with Crippen LogP contribution in [-0.2, 0) is 16.8 Å². The molecular weight excluding hydrogens is 398 g/mol. The Balaban J connectivity index is 1.70. The monoisotopic (exact) mass is 419 g/mol. The number of anilines is 1. The number of fused-ring (bicyclic) bond motifs is 1. The standard InChI is InChI=1S/C25H22ClNO3/c1-17(23(28)19-10-6-3-7-11-19)25(30)21-16-20(26)12-13-22(21)27(24(25)29)15-14-18-8-4-2-5-9-18/h2-13,16-17,30H,14-15H2,1H3/t17-,25-/m0/s1. The second kappa shape index (κ2) is 8.05. The maximum Gasteiger partial charge on any atom is 0.264 e. The Morgan fingerprint density at radius 3 is 2.33 bits per heavy atom. The number of carbonyl (C=O) groups excluding carboxylic acids is 2. The zero-order valence-corrected chi connectivity index (χ0v) is 17.3. The van der Waals surface area contributed by atoms with E-state index in [1.165, 1.54) is 0 Å². The van der Waals surface area contributed by atoms with Gasteiger partial charge in [-0.05, 0) is 30.2 Å². The van der Waals surface area contributed by atoms with Crippen LogP contribution in [0.15, 0.2) is 78.9 Å². The third-order valence-electron chi connectivity index (χ3n) is 5.78. The number of Topliss-reactive ketones (excluding diaryl/α,β-unsaturated/α-hetero) is 1. The van der Waals surface area contributed by atoms with E-state index in [1.807, 2.05) is 36.4 Å². The molecule has 30 heavy (non-hydrogen) atoms. The lowest BCUT2D eigenvalue weighted by Crippen LogP contribution is -2.47. The number of ketones is 1. The van der Waals surface area contributed by atoms with Crippen molar-refractivity contribution in [1.29, 1.82) is 0 Å². The van der Waals surface area contributed by atoms with E-state index in [-0.39, 0.29) is 5.78 Å². The Kier molecular flexibility index (Phi) is 5.46. The summed E-state index contributed by atoms with van der Waals surface area (Å²) in [7, 11) is 0. The number of amides is 1. The highest BCUT2D eigenvalue weighted by molar-refractivity contribution is 6.31. The summed E-state index contributed by atoms with van der Waals surface area (Å²) < 4.78 is 0. The molecule has 0 spiro atoms. The van der Waals surface area contributed by atoms with E-state index in [1.54, 1.807) is 54.3 Å². The summed E-state index contributed by atoms with van der Waals surface area (Å²) in [6.07, 6.45) is 0.631. The molecule has 4 rings (SSSR count). The van der Waals surface area contributed by atoms with Crippen molar-refractivity contribution in [2.75, 3.05) is 11.4 Å². The van der Waals surface area contributed by atoms with Gasteiger partial charge < -0.3 is 10.0 Å². The molecule has 0 unspecified atom stereocenters. The van der Waals surface area contributed by atoms with Gasteiger partial charge in [-0.3, -0.25) is 9.59 Å². The number of carbonyl (C=O) groups is 2. The van der Waals surface area contributed by atoms with E-state index in [2.05, 4.69) is 0 Å². The minimum absolute atomic E-state index is 0.290. The maximum absolute atomic E-state index is 13.5. The van der Waals surface area contributed by atoms with Gasteiger partial charge in [0, 0.05) is 22.7 Å². The quantitative estimate of drug-likeness (QED) is 0.592. The van der Waals surface area contributed by atoms with Gasteiger partial charge in [-0.2, -0.15) is 0 Å². The summed E-state index contributed by atoms with van der Waals surface area (Å²) in [5, 5.41) is 12.0. The van der Waals surface area contributed by atoms with Crippen LogP contribution in [-0.4, -0.2) is 23.3 Å². The average Bonchev–Trinajstić information content (AvgIpc) is 2.99. The molecule has 0 aliphatic carbocycles. The molecule has 0 radical (unpaired) electrons. The predicted octanol–water partition coefficient (Wildman–Crippen LogP) is 4.64. The molecule has 0 saturated carbocycles. The molecule has 1 amide bonds. The topological polar surface area (TPSA) is 57.6 Å². The van der Waals surface area contributed by atoms with Gasteiger partial charge in [-0.1, -0.05) is 79.2 Å². The van der Waals surface area contributed by atoms with Gasteiger partial charge >= 0.3 is 0 Å². The molecule has 0 aromatic heterocycles. The van der Waals surface area contributed by atoms with E-state index in [4.69, 9.17) is 11.6 Å². The number of nitrogens with zero attached hydrogens (tertiary/aromatic N) is 1. The number of hydrogen-bond acceptors (Lipinski definition) is 3. The van der Waals surface area contributed by atoms with Crippen LogP contribution in [0.5, 0.6) is 0 Å². The number of hydrogen-bond donors (Lipinski definition) is 1. The molecule has 4 nitrogen and oxygen atoms in total. The highest BCUT2D eigenvalue weighted by Crippen LogP contribution is 2.46. The van der Waals surface area contributed by atoms with Crippen LogP contribution in [0.4, 0.5) is 5.69 Å². The van der Waals surface area contributed by atoms with Gasteiger partial charge in [0.15, 0.2) is 11.4 Å². The largest absolute Gasteiger partial charge is 0.375 e. The van der Waals surface area contributed by atoms with E-state index >= 15 is 0 Å². The molecule has 1 aliphatic heterocycles. The van der Waals surface area contributed by atoms with E-state index in [0.29, 0.717) is 34.8 Å². The fraction of sp³-hybridized carbons (Fsp3) is 0.200. The van der Waals surface area contributed by atoms with Crippen molar-refractivity contribution in [3.05, 3.63) is 101 Å². The van der Waals surface area contributed by atoms with Gasteiger partial charge in [0.05, 0.1) is 11.6 Å². The highest BCUT2D eigenvalue weighted by atomic mass is 35.5. The van der Waals surface area contributed by atoms with Gasteiger partial charge in [-0.15, -0.1) is 0 Å². The summed E-state index contributed by atoms with van der Waals surface area (Å²) in [6.45, 7) is 1.99. The molecule has 2 atom stereocenters. The van der Waals surface area contributed by atoms with Crippen LogP contribution in [0, 0.1) is 5.92 Å². The Morgan fingerprint density at radius 2 is 1.67 bits per heavy atom. The molecule has 1 aliphatic rings. The number of rotatable bonds is 6. The lowest BCUT2D eigenvalue weighted by Gasteiger charge is -2.28. The van der Waals surface area contributed by atoms with E-state index in [9.17, 15) is 14.7 Å². The molecule has 1 N–H and O–H groups in total. The molecule has 1 heterocycles. The molecule has 0 fully saturated rings. The Labute approximate surface area is 180 Å². The normalized spacial score (nSPS) is 18.9. The summed E-state index contributed by atoms with van der Waals surface area (Å²) in [6, 6.07) is 23.6. The van der Waals surface area contributed by atoms with Crippen molar-refractivity contribution in [3.63, 3.8) is 0 Å². The smallest absolute Gasteiger partial charge is 0.264 e. The second-order valence-corrected chi connectivity index (χ2v) is 8.01. The first-order valence-electron chi connectivity index (χ1n) is 9.90. The Bertz CT molecular complexity index is 1080. The third-order valence-corrected chi connectivity index (χ3v) is 6.01. The molecule has 3 aromatic carbocycles. The van der Waals surface area contributed by atoms with E-state index in [0.717, 1.165) is 5.56 Å². The predicted molar refractivity (Wildman–Crippen MR) is 118 cm³/mol. The van der Waals surface area contributed by atoms with Crippen LogP contribution >= 0.6 is 11.6 Å². The van der Waals surface area contributed by atoms with E-state index < -0.39 is 17.4 Å². The minimum atomic E-state index is -1.97. The van der Waals surface area contributed by atoms with Crippen molar-refractivity contribution >= 4 is 29.0 Å². The maximum atomic E-state index is 13.5. The van der Waals surface area contributed by atoms with Crippen LogP contribution in [0.25, 0.3) is 0 Å². The number of halogens is 1. The third kappa shape index (κ3) is 3.42. The lowest BCUT2D eigenvalue weighted by molar-refractivity contribution is -0.139. The van der Waals surface area contributed by atoms with Crippen molar-refractivity contribution in [1.82, 2.24) is 0 Å². The molecule has 0 bridgehead atoms. The van der Waals surface area contributed by atoms with Gasteiger partial charge in [-0.25, -0.2) is 0 Å². The lowest BCUT2D eigenvalue weighted by atomic mass is 9.79. The van der Waals surface area contributed by atoms with Crippen LogP contribution in [0.2, 0.25) is 5.02 Å². The molecular formula is C25H22ClNO3. The summed E-state index contributed by atoms with van der Waals surface area (Å²) in [4.78, 5) is 28.1. The first-order chi connectivity index (χ1) is 14.4. The molecule has 0 saturated heterocycles. The highest BCUT2D eigenvalue weighted by Gasteiger charge is 2.55. The SMILES string of the molecule is C[C@@H](C(=O)c1ccccc1)[C@@]1(O)C(=O)N(CCc2ccccc2)c2ccc(Cl)cc21. The summed E-state index contributed by atoms with van der Waals surface area (Å²) in [5.74, 6) is -1.75. The Morgan fingerprint density at radius 1 is 1.03 bits per heavy atom. The van der Waals surface area contributed by atoms with Gasteiger partial charge in [0.2, 0.25) is 0 Å². The van der Waals surface area contributed by atoms with Crippen LogP contribution in [0.3, 0.4) is 0 Å². The fourth-order valence-electron chi connectivity index (χ4n) is 4.05. The van der Waals surface area contributed by atoms with Crippen molar-refractivity contribution in [3.8, 4) is 0 Å². The van der Waals surface area contributed by atoms with Crippen molar-refractivity contribution in [2.24, 2.45) is 5.92 Å². The first kappa shape index (κ1) is 20.3. The van der Waals surface area contributed by atoms with Gasteiger partial charge in [0.25, 0.3) is 5.91 Å². The van der Waals surface area contributed by atoms with Crippen LogP contribution in [0.1, 0.15) is 28.4 Å².